The molecule has 0 saturated heterocycles. The number of amides is 1. The van der Waals surface area contributed by atoms with E-state index < -0.39 is 6.04 Å². The van der Waals surface area contributed by atoms with Crippen LogP contribution in [0.25, 0.3) is 0 Å². The van der Waals surface area contributed by atoms with Crippen LogP contribution in [0.4, 0.5) is 0 Å². The van der Waals surface area contributed by atoms with Crippen molar-refractivity contribution in [1.29, 1.82) is 0 Å². The SMILES string of the molecule is NC(Cc1ccc(Cl)cc1Cl)C(=O)N1Cc2ccccc2C1. The summed E-state index contributed by atoms with van der Waals surface area (Å²) in [6, 6.07) is 12.7. The zero-order valence-corrected chi connectivity index (χ0v) is 13.4. The van der Waals surface area contributed by atoms with Crippen LogP contribution in [0.3, 0.4) is 0 Å². The molecule has 5 heteroatoms. The molecule has 1 atom stereocenters. The Balaban J connectivity index is 1.68. The first kappa shape index (κ1) is 15.3. The van der Waals surface area contributed by atoms with Gasteiger partial charge in [-0.1, -0.05) is 53.5 Å². The molecular formula is C17H16Cl2N2O. The van der Waals surface area contributed by atoms with Gasteiger partial charge in [-0.2, -0.15) is 0 Å². The molecule has 1 aliphatic rings. The Labute approximate surface area is 139 Å². The number of nitrogens with two attached hydrogens (primary N) is 1. The van der Waals surface area contributed by atoms with Crippen molar-refractivity contribution in [3.05, 3.63) is 69.2 Å². The second-order valence-electron chi connectivity index (χ2n) is 5.51. The monoisotopic (exact) mass is 334 g/mol. The van der Waals surface area contributed by atoms with Crippen LogP contribution in [0.1, 0.15) is 16.7 Å². The highest BCUT2D eigenvalue weighted by Crippen LogP contribution is 2.25. The minimum atomic E-state index is -0.604. The lowest BCUT2D eigenvalue weighted by atomic mass is 10.1. The quantitative estimate of drug-likeness (QED) is 0.934. The molecule has 0 fully saturated rings. The Morgan fingerprint density at radius 1 is 1.14 bits per heavy atom. The maximum atomic E-state index is 12.5. The van der Waals surface area contributed by atoms with Gasteiger partial charge in [-0.05, 0) is 35.2 Å². The van der Waals surface area contributed by atoms with Crippen LogP contribution in [0.15, 0.2) is 42.5 Å². The van der Waals surface area contributed by atoms with Crippen LogP contribution >= 0.6 is 23.2 Å². The van der Waals surface area contributed by atoms with Gasteiger partial charge in [0, 0.05) is 23.1 Å². The molecular weight excluding hydrogens is 319 g/mol. The number of carbonyl (C=O) groups is 1. The van der Waals surface area contributed by atoms with E-state index in [0.29, 0.717) is 29.6 Å². The number of hydrogen-bond acceptors (Lipinski definition) is 2. The van der Waals surface area contributed by atoms with Crippen molar-refractivity contribution in [2.75, 3.05) is 0 Å². The molecule has 3 rings (SSSR count). The third-order valence-electron chi connectivity index (χ3n) is 3.92. The Morgan fingerprint density at radius 3 is 2.36 bits per heavy atom. The highest BCUT2D eigenvalue weighted by atomic mass is 35.5. The van der Waals surface area contributed by atoms with Crippen molar-refractivity contribution < 1.29 is 4.79 Å². The van der Waals surface area contributed by atoms with E-state index in [9.17, 15) is 4.79 Å². The number of carbonyl (C=O) groups excluding carboxylic acids is 1. The molecule has 2 aromatic carbocycles. The lowest BCUT2D eigenvalue weighted by molar-refractivity contribution is -0.133. The molecule has 0 spiro atoms. The molecule has 1 unspecified atom stereocenters. The number of halogens is 2. The van der Waals surface area contributed by atoms with Crippen molar-refractivity contribution in [3.8, 4) is 0 Å². The van der Waals surface area contributed by atoms with Gasteiger partial charge in [0.2, 0.25) is 5.91 Å². The molecule has 2 aromatic rings. The first-order chi connectivity index (χ1) is 10.5. The van der Waals surface area contributed by atoms with Crippen molar-refractivity contribution >= 4 is 29.1 Å². The van der Waals surface area contributed by atoms with E-state index in [1.165, 1.54) is 11.1 Å². The van der Waals surface area contributed by atoms with E-state index in [2.05, 4.69) is 0 Å². The molecule has 2 N–H and O–H groups in total. The van der Waals surface area contributed by atoms with Gasteiger partial charge in [0.15, 0.2) is 0 Å². The Kier molecular flexibility index (Phi) is 4.39. The summed E-state index contributed by atoms with van der Waals surface area (Å²) in [4.78, 5) is 14.3. The summed E-state index contributed by atoms with van der Waals surface area (Å²) in [6.45, 7) is 1.24. The molecule has 0 aliphatic carbocycles. The fourth-order valence-corrected chi connectivity index (χ4v) is 3.22. The highest BCUT2D eigenvalue weighted by Gasteiger charge is 2.27. The first-order valence-corrected chi connectivity index (χ1v) is 7.85. The average molecular weight is 335 g/mol. The van der Waals surface area contributed by atoms with Gasteiger partial charge in [-0.3, -0.25) is 4.79 Å². The predicted molar refractivity (Wildman–Crippen MR) is 88.8 cm³/mol. The smallest absolute Gasteiger partial charge is 0.240 e. The van der Waals surface area contributed by atoms with Gasteiger partial charge < -0.3 is 10.6 Å². The van der Waals surface area contributed by atoms with Crippen molar-refractivity contribution in [1.82, 2.24) is 4.90 Å². The fourth-order valence-electron chi connectivity index (χ4n) is 2.73. The topological polar surface area (TPSA) is 46.3 Å². The van der Waals surface area contributed by atoms with Gasteiger partial charge >= 0.3 is 0 Å². The fraction of sp³-hybridized carbons (Fsp3) is 0.235. The van der Waals surface area contributed by atoms with E-state index >= 15 is 0 Å². The van der Waals surface area contributed by atoms with Gasteiger partial charge in [0.05, 0.1) is 6.04 Å². The van der Waals surface area contributed by atoms with Gasteiger partial charge in [0.25, 0.3) is 0 Å². The highest BCUT2D eigenvalue weighted by molar-refractivity contribution is 6.35. The van der Waals surface area contributed by atoms with E-state index in [1.807, 2.05) is 30.3 Å². The maximum absolute atomic E-state index is 12.5. The molecule has 0 aromatic heterocycles. The molecule has 0 bridgehead atoms. The number of nitrogens with zero attached hydrogens (tertiary/aromatic N) is 1. The van der Waals surface area contributed by atoms with Crippen molar-refractivity contribution in [2.45, 2.75) is 25.6 Å². The molecule has 1 heterocycles. The lowest BCUT2D eigenvalue weighted by Gasteiger charge is -2.20. The molecule has 114 valence electrons. The Morgan fingerprint density at radius 2 is 1.77 bits per heavy atom. The van der Waals surface area contributed by atoms with E-state index in [4.69, 9.17) is 28.9 Å². The van der Waals surface area contributed by atoms with Crippen LogP contribution in [0.5, 0.6) is 0 Å². The lowest BCUT2D eigenvalue weighted by Crippen LogP contribution is -2.42. The maximum Gasteiger partial charge on any atom is 0.240 e. The summed E-state index contributed by atoms with van der Waals surface area (Å²) in [5.74, 6) is -0.0535. The van der Waals surface area contributed by atoms with Crippen LogP contribution in [-0.2, 0) is 24.3 Å². The summed E-state index contributed by atoms with van der Waals surface area (Å²) in [6.07, 6.45) is 0.404. The van der Waals surface area contributed by atoms with Gasteiger partial charge in [-0.15, -0.1) is 0 Å². The second kappa shape index (κ2) is 6.29. The summed E-state index contributed by atoms with van der Waals surface area (Å²) >= 11 is 12.0. The van der Waals surface area contributed by atoms with Crippen molar-refractivity contribution in [2.24, 2.45) is 5.73 Å². The van der Waals surface area contributed by atoms with Crippen molar-refractivity contribution in [3.63, 3.8) is 0 Å². The molecule has 3 nitrogen and oxygen atoms in total. The normalized spacial score (nSPS) is 14.8. The summed E-state index contributed by atoms with van der Waals surface area (Å²) in [7, 11) is 0. The first-order valence-electron chi connectivity index (χ1n) is 7.09. The number of fused-ring (bicyclic) bond motifs is 1. The number of benzene rings is 2. The largest absolute Gasteiger partial charge is 0.333 e. The summed E-state index contributed by atoms with van der Waals surface area (Å²) < 4.78 is 0. The summed E-state index contributed by atoms with van der Waals surface area (Å²) in [5, 5.41) is 1.11. The average Bonchev–Trinajstić information content (AvgIpc) is 2.93. The zero-order valence-electron chi connectivity index (χ0n) is 11.9. The standard InChI is InChI=1S/C17H16Cl2N2O/c18-14-6-5-11(15(19)8-14)7-16(20)17(22)21-9-12-3-1-2-4-13(12)10-21/h1-6,8,16H,7,9-10,20H2. The summed E-state index contributed by atoms with van der Waals surface area (Å²) in [5.41, 5.74) is 9.30. The van der Waals surface area contributed by atoms with Gasteiger partial charge in [0.1, 0.15) is 0 Å². The Bertz CT molecular complexity index is 693. The number of rotatable bonds is 3. The van der Waals surface area contributed by atoms with Crippen LogP contribution in [0.2, 0.25) is 10.0 Å². The molecule has 1 aliphatic heterocycles. The molecule has 0 radical (unpaired) electrons. The van der Waals surface area contributed by atoms with Crippen LogP contribution in [0, 0.1) is 0 Å². The number of hydrogen-bond donors (Lipinski definition) is 1. The Hall–Kier alpha value is -1.55. The molecule has 0 saturated carbocycles. The van der Waals surface area contributed by atoms with Crippen LogP contribution in [-0.4, -0.2) is 16.8 Å². The van der Waals surface area contributed by atoms with Gasteiger partial charge in [-0.25, -0.2) is 0 Å². The molecule has 1 amide bonds. The van der Waals surface area contributed by atoms with E-state index in [1.54, 1.807) is 17.0 Å². The van der Waals surface area contributed by atoms with Crippen LogP contribution < -0.4 is 5.73 Å². The third-order valence-corrected chi connectivity index (χ3v) is 4.51. The van der Waals surface area contributed by atoms with E-state index in [0.717, 1.165) is 5.56 Å². The second-order valence-corrected chi connectivity index (χ2v) is 6.35. The third kappa shape index (κ3) is 3.12. The minimum Gasteiger partial charge on any atom is -0.333 e. The predicted octanol–water partition coefficient (Wildman–Crippen LogP) is 3.41. The zero-order chi connectivity index (χ0) is 15.7. The van der Waals surface area contributed by atoms with E-state index in [-0.39, 0.29) is 5.91 Å². The minimum absolute atomic E-state index is 0.0535. The molecule has 22 heavy (non-hydrogen) atoms.